The van der Waals surface area contributed by atoms with E-state index in [-0.39, 0.29) is 23.1 Å². The number of hydrogen-bond donors (Lipinski definition) is 3. The molecule has 1 amide bonds. The lowest BCUT2D eigenvalue weighted by atomic mass is 10.2. The number of nitrogens with two attached hydrogens (primary N) is 1. The van der Waals surface area contributed by atoms with E-state index in [1.807, 2.05) is 0 Å². The smallest absolute Gasteiger partial charge is 0.407 e. The van der Waals surface area contributed by atoms with Crippen molar-refractivity contribution in [2.75, 3.05) is 18.9 Å². The topological polar surface area (TPSA) is 136 Å². The number of carbonyl (C=O) groups excluding carboxylic acids is 1. The lowest BCUT2D eigenvalue weighted by molar-refractivity contribution is -0.129. The molecule has 0 aromatic carbocycles. The molecule has 10 heteroatoms. The largest absolute Gasteiger partial charge is 0.476 e. The quantitative estimate of drug-likeness (QED) is 0.387. The van der Waals surface area contributed by atoms with E-state index < -0.39 is 17.7 Å². The number of nitrogen functional groups attached to an aromatic ring is 1. The number of oxime groups is 1. The fourth-order valence-electron chi connectivity index (χ4n) is 1.34. The molecule has 0 aliphatic carbocycles. The molecule has 0 spiro atoms. The minimum absolute atomic E-state index is 0.131. The average Bonchev–Trinajstić information content (AvgIpc) is 2.81. The number of ether oxygens (including phenoxy) is 1. The van der Waals surface area contributed by atoms with Gasteiger partial charge in [0, 0.05) is 18.3 Å². The second kappa shape index (κ2) is 8.32. The van der Waals surface area contributed by atoms with Gasteiger partial charge in [-0.05, 0) is 20.8 Å². The molecule has 0 aliphatic heterocycles. The molecular formula is C13H20N4O5S. The summed E-state index contributed by atoms with van der Waals surface area (Å²) in [7, 11) is 0. The predicted molar refractivity (Wildman–Crippen MR) is 85.5 cm³/mol. The van der Waals surface area contributed by atoms with Gasteiger partial charge in [-0.15, -0.1) is 11.3 Å². The highest BCUT2D eigenvalue weighted by molar-refractivity contribution is 7.13. The van der Waals surface area contributed by atoms with E-state index in [9.17, 15) is 9.59 Å². The van der Waals surface area contributed by atoms with Gasteiger partial charge in [0.05, 0.1) is 0 Å². The van der Waals surface area contributed by atoms with Crippen LogP contribution in [0.15, 0.2) is 10.5 Å². The Labute approximate surface area is 137 Å². The van der Waals surface area contributed by atoms with Gasteiger partial charge >= 0.3 is 12.1 Å². The maximum absolute atomic E-state index is 11.4. The van der Waals surface area contributed by atoms with Gasteiger partial charge in [0.1, 0.15) is 17.9 Å². The molecule has 0 saturated carbocycles. The van der Waals surface area contributed by atoms with Gasteiger partial charge in [-0.25, -0.2) is 14.6 Å². The van der Waals surface area contributed by atoms with Crippen molar-refractivity contribution in [2.24, 2.45) is 5.16 Å². The molecule has 1 aromatic rings. The molecule has 0 atom stereocenters. The summed E-state index contributed by atoms with van der Waals surface area (Å²) < 4.78 is 5.06. The third-order valence-electron chi connectivity index (χ3n) is 2.20. The Hall–Kier alpha value is -2.36. The second-order valence-corrected chi connectivity index (χ2v) is 6.32. The first kappa shape index (κ1) is 18.7. The van der Waals surface area contributed by atoms with Crippen LogP contribution in [0.25, 0.3) is 0 Å². The Balaban J connectivity index is 2.34. The van der Waals surface area contributed by atoms with Gasteiger partial charge in [-0.1, -0.05) is 5.16 Å². The van der Waals surface area contributed by atoms with E-state index in [0.29, 0.717) is 13.0 Å². The number of alkyl carbamates (subject to hydrolysis) is 1. The number of hydrogen-bond acceptors (Lipinski definition) is 8. The SMILES string of the molecule is CC(C)(C)OC(=O)NCCCO/N=C(\C(=O)O)c1csc(N)n1. The zero-order chi connectivity index (χ0) is 17.5. The molecular weight excluding hydrogens is 324 g/mol. The summed E-state index contributed by atoms with van der Waals surface area (Å²) in [6, 6.07) is 0. The first-order valence-electron chi connectivity index (χ1n) is 6.80. The number of aromatic nitrogens is 1. The van der Waals surface area contributed by atoms with Crippen LogP contribution in [-0.2, 0) is 14.4 Å². The van der Waals surface area contributed by atoms with Gasteiger partial charge in [0.25, 0.3) is 0 Å². The molecule has 0 fully saturated rings. The molecule has 128 valence electrons. The predicted octanol–water partition coefficient (Wildman–Crippen LogP) is 1.45. The Morgan fingerprint density at radius 1 is 1.48 bits per heavy atom. The van der Waals surface area contributed by atoms with Crippen LogP contribution >= 0.6 is 11.3 Å². The van der Waals surface area contributed by atoms with Gasteiger partial charge in [-0.2, -0.15) is 0 Å². The van der Waals surface area contributed by atoms with Crippen LogP contribution in [0.5, 0.6) is 0 Å². The lowest BCUT2D eigenvalue weighted by Crippen LogP contribution is -2.33. The van der Waals surface area contributed by atoms with Gasteiger partial charge < -0.3 is 25.7 Å². The Morgan fingerprint density at radius 3 is 2.70 bits per heavy atom. The molecule has 0 unspecified atom stereocenters. The van der Waals surface area contributed by atoms with E-state index >= 15 is 0 Å². The highest BCUT2D eigenvalue weighted by atomic mass is 32.1. The van der Waals surface area contributed by atoms with E-state index in [1.165, 1.54) is 5.38 Å². The first-order valence-corrected chi connectivity index (χ1v) is 7.68. The number of carboxylic acids is 1. The number of anilines is 1. The van der Waals surface area contributed by atoms with E-state index in [1.54, 1.807) is 20.8 Å². The Bertz CT molecular complexity index is 579. The molecule has 9 nitrogen and oxygen atoms in total. The summed E-state index contributed by atoms with van der Waals surface area (Å²) in [5.41, 5.74) is 4.71. The third kappa shape index (κ3) is 7.45. The summed E-state index contributed by atoms with van der Waals surface area (Å²) in [5, 5.41) is 16.9. The Kier molecular flexibility index (Phi) is 6.76. The van der Waals surface area contributed by atoms with Crippen LogP contribution in [0.4, 0.5) is 9.93 Å². The van der Waals surface area contributed by atoms with E-state index in [4.69, 9.17) is 20.4 Å². The number of aliphatic carboxylic acids is 1. The molecule has 4 N–H and O–H groups in total. The van der Waals surface area contributed by atoms with Crippen LogP contribution in [0.1, 0.15) is 32.9 Å². The number of rotatable bonds is 7. The lowest BCUT2D eigenvalue weighted by Gasteiger charge is -2.19. The van der Waals surface area contributed by atoms with Crippen LogP contribution in [0, 0.1) is 0 Å². The van der Waals surface area contributed by atoms with Crippen molar-refractivity contribution in [1.82, 2.24) is 10.3 Å². The van der Waals surface area contributed by atoms with Crippen LogP contribution in [0.3, 0.4) is 0 Å². The number of carboxylic acid groups (broad SMARTS) is 1. The van der Waals surface area contributed by atoms with Crippen molar-refractivity contribution in [3.63, 3.8) is 0 Å². The fourth-order valence-corrected chi connectivity index (χ4v) is 1.89. The summed E-state index contributed by atoms with van der Waals surface area (Å²) in [6.07, 6.45) is -0.0837. The van der Waals surface area contributed by atoms with Gasteiger partial charge in [0.2, 0.25) is 5.71 Å². The van der Waals surface area contributed by atoms with Gasteiger partial charge in [-0.3, -0.25) is 0 Å². The summed E-state index contributed by atoms with van der Waals surface area (Å²) in [6.45, 7) is 5.75. The molecule has 1 heterocycles. The second-order valence-electron chi connectivity index (χ2n) is 5.43. The minimum Gasteiger partial charge on any atom is -0.476 e. The molecule has 1 aromatic heterocycles. The van der Waals surface area contributed by atoms with Crippen molar-refractivity contribution < 1.29 is 24.3 Å². The number of nitrogens with zero attached hydrogens (tertiary/aromatic N) is 2. The van der Waals surface area contributed by atoms with Crippen molar-refractivity contribution in [2.45, 2.75) is 32.8 Å². The van der Waals surface area contributed by atoms with Gasteiger partial charge in [0.15, 0.2) is 5.13 Å². The Morgan fingerprint density at radius 2 is 2.17 bits per heavy atom. The molecule has 0 radical (unpaired) electrons. The maximum Gasteiger partial charge on any atom is 0.407 e. The third-order valence-corrected chi connectivity index (χ3v) is 2.88. The van der Waals surface area contributed by atoms with E-state index in [2.05, 4.69) is 15.5 Å². The molecule has 1 rings (SSSR count). The van der Waals surface area contributed by atoms with Crippen molar-refractivity contribution in [1.29, 1.82) is 0 Å². The first-order chi connectivity index (χ1) is 10.7. The minimum atomic E-state index is -1.26. The number of thiazole rings is 1. The summed E-state index contributed by atoms with van der Waals surface area (Å²) >= 11 is 1.11. The molecule has 0 aliphatic rings. The summed E-state index contributed by atoms with van der Waals surface area (Å²) in [4.78, 5) is 31.2. The zero-order valence-electron chi connectivity index (χ0n) is 13.2. The van der Waals surface area contributed by atoms with Crippen LogP contribution in [0.2, 0.25) is 0 Å². The van der Waals surface area contributed by atoms with Crippen LogP contribution < -0.4 is 11.1 Å². The number of nitrogens with one attached hydrogen (secondary N) is 1. The number of carbonyl (C=O) groups is 2. The monoisotopic (exact) mass is 344 g/mol. The molecule has 0 bridgehead atoms. The zero-order valence-corrected chi connectivity index (χ0v) is 14.0. The summed E-state index contributed by atoms with van der Waals surface area (Å²) in [5.74, 6) is -1.26. The highest BCUT2D eigenvalue weighted by Gasteiger charge is 2.17. The van der Waals surface area contributed by atoms with Crippen molar-refractivity contribution >= 4 is 34.2 Å². The number of amides is 1. The fraction of sp³-hybridized carbons (Fsp3) is 0.538. The van der Waals surface area contributed by atoms with Crippen LogP contribution in [-0.4, -0.2) is 46.6 Å². The van der Waals surface area contributed by atoms with Crippen molar-refractivity contribution in [3.05, 3.63) is 11.1 Å². The van der Waals surface area contributed by atoms with E-state index in [0.717, 1.165) is 11.3 Å². The average molecular weight is 344 g/mol. The maximum atomic E-state index is 11.4. The standard InChI is InChI=1S/C13H20N4O5S/c1-13(2,3)22-12(20)15-5-4-6-21-17-9(10(18)19)8-7-23-11(14)16-8/h7H,4-6H2,1-3H3,(H2,14,16)(H,15,20)(H,18,19)/b17-9-. The normalized spacial score (nSPS) is 11.9. The van der Waals surface area contributed by atoms with Crippen molar-refractivity contribution in [3.8, 4) is 0 Å². The molecule has 23 heavy (non-hydrogen) atoms. The molecule has 0 saturated heterocycles. The highest BCUT2D eigenvalue weighted by Crippen LogP contribution is 2.12.